The highest BCUT2D eigenvalue weighted by molar-refractivity contribution is 6.37. The minimum atomic E-state index is -0.790. The van der Waals surface area contributed by atoms with Gasteiger partial charge in [0.05, 0.1) is 18.3 Å². The molecule has 0 saturated carbocycles. The molecular formula is C21H25ClN4O4. The molecule has 2 unspecified atom stereocenters. The Morgan fingerprint density at radius 2 is 2.07 bits per heavy atom. The molecule has 0 spiro atoms. The van der Waals surface area contributed by atoms with Crippen LogP contribution in [-0.2, 0) is 14.3 Å². The molecule has 2 heterocycles. The maximum Gasteiger partial charge on any atom is 0.407 e. The smallest absolute Gasteiger partial charge is 0.407 e. The lowest BCUT2D eigenvalue weighted by atomic mass is 10.0. The Labute approximate surface area is 180 Å². The van der Waals surface area contributed by atoms with Crippen molar-refractivity contribution < 1.29 is 19.1 Å². The first-order chi connectivity index (χ1) is 14.3. The third kappa shape index (κ3) is 4.48. The normalized spacial score (nSPS) is 17.1. The number of ether oxygens (including phenoxy) is 1. The minimum Gasteiger partial charge on any atom is -0.453 e. The molecule has 9 heteroatoms. The number of methoxy groups -OCH3 is 1. The van der Waals surface area contributed by atoms with Crippen molar-refractivity contribution in [3.05, 3.63) is 36.5 Å². The number of nitrogens with zero attached hydrogens (tertiary/aromatic N) is 3. The molecule has 1 aliphatic heterocycles. The average Bonchev–Trinajstić information content (AvgIpc) is 3.25. The number of nitrogens with one attached hydrogen (secondary N) is 1. The van der Waals surface area contributed by atoms with Crippen LogP contribution in [0, 0.1) is 5.92 Å². The average molecular weight is 433 g/mol. The van der Waals surface area contributed by atoms with Gasteiger partial charge in [-0.25, -0.2) is 9.21 Å². The summed E-state index contributed by atoms with van der Waals surface area (Å²) in [4.78, 5) is 43.7. The fraction of sp³-hybridized carbons (Fsp3) is 0.429. The van der Waals surface area contributed by atoms with Crippen molar-refractivity contribution in [3.8, 4) is 0 Å². The van der Waals surface area contributed by atoms with Gasteiger partial charge in [0.2, 0.25) is 5.91 Å². The molecule has 1 aromatic heterocycles. The summed E-state index contributed by atoms with van der Waals surface area (Å²) in [6.45, 7) is 4.07. The van der Waals surface area contributed by atoms with Crippen molar-refractivity contribution in [3.63, 3.8) is 0 Å². The Morgan fingerprint density at radius 1 is 1.30 bits per heavy atom. The highest BCUT2D eigenvalue weighted by Gasteiger charge is 2.40. The third-order valence-electron chi connectivity index (χ3n) is 5.22. The molecule has 1 aromatic carbocycles. The van der Waals surface area contributed by atoms with Gasteiger partial charge in [-0.1, -0.05) is 19.9 Å². The van der Waals surface area contributed by atoms with Crippen LogP contribution in [0.3, 0.4) is 0 Å². The van der Waals surface area contributed by atoms with Crippen LogP contribution < -0.4 is 9.74 Å². The number of benzene rings is 1. The molecule has 2 aromatic rings. The lowest BCUT2D eigenvalue weighted by molar-refractivity contribution is -0.139. The van der Waals surface area contributed by atoms with Crippen LogP contribution in [0.25, 0.3) is 10.9 Å². The van der Waals surface area contributed by atoms with Crippen LogP contribution >= 0.6 is 11.8 Å². The van der Waals surface area contributed by atoms with Crippen LogP contribution in [0.5, 0.6) is 0 Å². The molecule has 0 radical (unpaired) electrons. The van der Waals surface area contributed by atoms with E-state index in [9.17, 15) is 14.4 Å². The first kappa shape index (κ1) is 21.8. The molecule has 8 nitrogen and oxygen atoms in total. The number of hydrogen-bond acceptors (Lipinski definition) is 5. The second kappa shape index (κ2) is 9.30. The summed E-state index contributed by atoms with van der Waals surface area (Å²) in [5, 5.41) is 3.42. The maximum absolute atomic E-state index is 13.1. The third-order valence-corrected chi connectivity index (χ3v) is 5.58. The van der Waals surface area contributed by atoms with Gasteiger partial charge in [0.25, 0.3) is 5.91 Å². The number of alkyl carbamates (subject to hydrolysis) is 1. The predicted molar refractivity (Wildman–Crippen MR) is 114 cm³/mol. The van der Waals surface area contributed by atoms with Crippen LogP contribution in [0.4, 0.5) is 10.5 Å². The number of fused-ring (bicyclic) bond motifs is 1. The van der Waals surface area contributed by atoms with E-state index in [0.717, 1.165) is 15.3 Å². The largest absolute Gasteiger partial charge is 0.453 e. The Morgan fingerprint density at radius 3 is 2.77 bits per heavy atom. The zero-order valence-corrected chi connectivity index (χ0v) is 17.9. The van der Waals surface area contributed by atoms with E-state index in [2.05, 4.69) is 15.0 Å². The van der Waals surface area contributed by atoms with Crippen LogP contribution in [0.1, 0.15) is 26.7 Å². The minimum absolute atomic E-state index is 0.173. The first-order valence-electron chi connectivity index (χ1n) is 9.83. The zero-order valence-electron chi connectivity index (χ0n) is 17.2. The molecule has 0 bridgehead atoms. The van der Waals surface area contributed by atoms with Crippen LogP contribution in [-0.4, -0.2) is 53.5 Å². The number of carbonyl (C=O) groups excluding carboxylic acids is 3. The fourth-order valence-electron chi connectivity index (χ4n) is 3.61. The number of hydrogen-bond donors (Lipinski definition) is 1. The monoisotopic (exact) mass is 432 g/mol. The van der Waals surface area contributed by atoms with Gasteiger partial charge in [0.15, 0.2) is 0 Å². The van der Waals surface area contributed by atoms with Gasteiger partial charge in [0.1, 0.15) is 12.1 Å². The van der Waals surface area contributed by atoms with E-state index in [1.165, 1.54) is 12.0 Å². The number of pyridine rings is 1. The van der Waals surface area contributed by atoms with Crippen LogP contribution in [0.15, 0.2) is 36.5 Å². The number of aromatic nitrogens is 1. The number of amides is 3. The second-order valence-electron chi connectivity index (χ2n) is 7.55. The summed E-state index contributed by atoms with van der Waals surface area (Å²) in [5.74, 6) is -0.876. The standard InChI is InChI=1S/C21H25ClN4O4/c1-13(2)18(24-21(29)30-3)20(28)25-11-5-7-17(25)19(27)26(22)15-8-9-16-14(12-15)6-4-10-23-16/h4,6,8-10,12-13,17-18H,5,7,11H2,1-3H3,(H,24,29). The summed E-state index contributed by atoms with van der Waals surface area (Å²) in [6, 6.07) is 7.51. The number of likely N-dealkylation sites (tertiary alicyclic amines) is 1. The first-order valence-corrected chi connectivity index (χ1v) is 10.2. The summed E-state index contributed by atoms with van der Waals surface area (Å²) in [7, 11) is 1.24. The molecule has 160 valence electrons. The van der Waals surface area contributed by atoms with Gasteiger partial charge in [0, 0.05) is 29.9 Å². The van der Waals surface area contributed by atoms with Gasteiger partial charge in [-0.05, 0) is 43.0 Å². The Bertz CT molecular complexity index is 952. The quantitative estimate of drug-likeness (QED) is 0.733. The van der Waals surface area contributed by atoms with Gasteiger partial charge >= 0.3 is 6.09 Å². The second-order valence-corrected chi connectivity index (χ2v) is 7.88. The molecule has 30 heavy (non-hydrogen) atoms. The highest BCUT2D eigenvalue weighted by Crippen LogP contribution is 2.27. The van der Waals surface area contributed by atoms with Gasteiger partial charge in [-0.3, -0.25) is 14.6 Å². The lowest BCUT2D eigenvalue weighted by Crippen LogP contribution is -2.55. The number of halogens is 1. The number of rotatable bonds is 5. The lowest BCUT2D eigenvalue weighted by Gasteiger charge is -2.31. The molecule has 0 aliphatic carbocycles. The molecule has 3 rings (SSSR count). The van der Waals surface area contributed by atoms with Crippen molar-refractivity contribution in [2.75, 3.05) is 18.1 Å². The SMILES string of the molecule is COC(=O)NC(C(=O)N1CCCC1C(=O)N(Cl)c1ccc2ncccc2c1)C(C)C. The number of carbonyl (C=O) groups is 3. The molecule has 1 N–H and O–H groups in total. The number of anilines is 1. The molecular weight excluding hydrogens is 408 g/mol. The van der Waals surface area contributed by atoms with E-state index in [1.54, 1.807) is 24.4 Å². The Balaban J connectivity index is 1.79. The Hall–Kier alpha value is -2.87. The van der Waals surface area contributed by atoms with Crippen LogP contribution in [0.2, 0.25) is 0 Å². The van der Waals surface area contributed by atoms with Gasteiger partial charge in [-0.15, -0.1) is 0 Å². The van der Waals surface area contributed by atoms with Crippen molar-refractivity contribution in [2.45, 2.75) is 38.8 Å². The van der Waals surface area contributed by atoms with Crippen molar-refractivity contribution >= 4 is 46.3 Å². The van der Waals surface area contributed by atoms with E-state index in [0.29, 0.717) is 25.1 Å². The molecule has 1 aliphatic rings. The fourth-order valence-corrected chi connectivity index (χ4v) is 3.83. The maximum atomic E-state index is 13.1. The van der Waals surface area contributed by atoms with E-state index < -0.39 is 18.2 Å². The van der Waals surface area contributed by atoms with E-state index in [1.807, 2.05) is 26.0 Å². The zero-order chi connectivity index (χ0) is 21.8. The van der Waals surface area contributed by atoms with Crippen molar-refractivity contribution in [1.29, 1.82) is 0 Å². The van der Waals surface area contributed by atoms with E-state index in [4.69, 9.17) is 11.8 Å². The summed E-state index contributed by atoms with van der Waals surface area (Å²) in [6.07, 6.45) is 2.19. The van der Waals surface area contributed by atoms with Gasteiger partial charge in [-0.2, -0.15) is 0 Å². The molecule has 1 fully saturated rings. The predicted octanol–water partition coefficient (Wildman–Crippen LogP) is 3.09. The Kier molecular flexibility index (Phi) is 6.77. The van der Waals surface area contributed by atoms with E-state index in [-0.39, 0.29) is 17.7 Å². The summed E-state index contributed by atoms with van der Waals surface area (Å²) >= 11 is 6.39. The molecule has 1 saturated heterocycles. The molecule has 3 amide bonds. The van der Waals surface area contributed by atoms with Gasteiger partial charge < -0.3 is 15.0 Å². The van der Waals surface area contributed by atoms with Crippen molar-refractivity contribution in [1.82, 2.24) is 15.2 Å². The molecule has 2 atom stereocenters. The topological polar surface area (TPSA) is 91.8 Å². The van der Waals surface area contributed by atoms with E-state index >= 15 is 0 Å². The summed E-state index contributed by atoms with van der Waals surface area (Å²) < 4.78 is 5.68. The highest BCUT2D eigenvalue weighted by atomic mass is 35.5. The summed E-state index contributed by atoms with van der Waals surface area (Å²) in [5.41, 5.74) is 1.31. The van der Waals surface area contributed by atoms with Crippen molar-refractivity contribution in [2.24, 2.45) is 5.92 Å².